The number of hydrogen-bond donors (Lipinski definition) is 0. The number of carbonyl (C=O) groups excluding carboxylic acids is 1. The minimum atomic E-state index is -0.262. The second kappa shape index (κ2) is 8.98. The summed E-state index contributed by atoms with van der Waals surface area (Å²) in [6, 6.07) is 8.58. The molecule has 150 valence electrons. The fourth-order valence-corrected chi connectivity index (χ4v) is 4.68. The SMILES string of the molecule is O=C(c1cccnc1Cl)N(CC1CCCO1)c1nc(-c2ccc(Cl)cc2Cl)cs1. The van der Waals surface area contributed by atoms with Gasteiger partial charge in [-0.3, -0.25) is 9.69 Å². The molecule has 0 spiro atoms. The Kier molecular flexibility index (Phi) is 6.37. The Balaban J connectivity index is 1.68. The molecular weight excluding hydrogens is 453 g/mol. The van der Waals surface area contributed by atoms with Gasteiger partial charge in [-0.1, -0.05) is 34.8 Å². The van der Waals surface area contributed by atoms with Crippen LogP contribution in [0.5, 0.6) is 0 Å². The van der Waals surface area contributed by atoms with E-state index in [-0.39, 0.29) is 17.2 Å². The first kappa shape index (κ1) is 20.6. The second-order valence-corrected chi connectivity index (χ2v) is 8.57. The van der Waals surface area contributed by atoms with Gasteiger partial charge in [-0.25, -0.2) is 9.97 Å². The molecule has 1 unspecified atom stereocenters. The maximum Gasteiger partial charge on any atom is 0.263 e. The molecule has 0 radical (unpaired) electrons. The van der Waals surface area contributed by atoms with E-state index >= 15 is 0 Å². The van der Waals surface area contributed by atoms with Crippen LogP contribution < -0.4 is 4.90 Å². The van der Waals surface area contributed by atoms with Gasteiger partial charge in [0.25, 0.3) is 5.91 Å². The quantitative estimate of drug-likeness (QED) is 0.431. The zero-order chi connectivity index (χ0) is 20.4. The highest BCUT2D eigenvalue weighted by atomic mass is 35.5. The number of hydrogen-bond acceptors (Lipinski definition) is 5. The zero-order valence-corrected chi connectivity index (χ0v) is 18.2. The predicted molar refractivity (Wildman–Crippen MR) is 117 cm³/mol. The first-order valence-electron chi connectivity index (χ1n) is 8.98. The van der Waals surface area contributed by atoms with Crippen molar-refractivity contribution in [3.63, 3.8) is 0 Å². The molecule has 3 heterocycles. The van der Waals surface area contributed by atoms with Gasteiger partial charge < -0.3 is 4.74 Å². The third-order valence-electron chi connectivity index (χ3n) is 4.57. The molecule has 1 atom stereocenters. The number of thiazole rings is 1. The Morgan fingerprint density at radius 1 is 1.28 bits per heavy atom. The molecule has 1 fully saturated rings. The molecule has 29 heavy (non-hydrogen) atoms. The van der Waals surface area contributed by atoms with Gasteiger partial charge in [-0.05, 0) is 43.2 Å². The highest BCUT2D eigenvalue weighted by Gasteiger charge is 2.28. The molecule has 4 rings (SSSR count). The molecular formula is C20H16Cl3N3O2S. The monoisotopic (exact) mass is 467 g/mol. The lowest BCUT2D eigenvalue weighted by atomic mass is 10.2. The lowest BCUT2D eigenvalue weighted by Gasteiger charge is -2.23. The number of amides is 1. The molecule has 0 bridgehead atoms. The van der Waals surface area contributed by atoms with Crippen LogP contribution in [0.2, 0.25) is 15.2 Å². The van der Waals surface area contributed by atoms with Crippen LogP contribution in [0.25, 0.3) is 11.3 Å². The van der Waals surface area contributed by atoms with Gasteiger partial charge in [0.2, 0.25) is 0 Å². The summed E-state index contributed by atoms with van der Waals surface area (Å²) in [5, 5.41) is 3.63. The minimum Gasteiger partial charge on any atom is -0.376 e. The minimum absolute atomic E-state index is 0.0409. The molecule has 1 saturated heterocycles. The summed E-state index contributed by atoms with van der Waals surface area (Å²) in [5.41, 5.74) is 1.75. The van der Waals surface area contributed by atoms with Crippen molar-refractivity contribution in [2.45, 2.75) is 18.9 Å². The molecule has 0 saturated carbocycles. The molecule has 3 aromatic rings. The maximum absolute atomic E-state index is 13.3. The van der Waals surface area contributed by atoms with Crippen molar-refractivity contribution in [1.82, 2.24) is 9.97 Å². The highest BCUT2D eigenvalue weighted by molar-refractivity contribution is 7.14. The molecule has 1 amide bonds. The van der Waals surface area contributed by atoms with Gasteiger partial charge in [-0.15, -0.1) is 11.3 Å². The van der Waals surface area contributed by atoms with Crippen molar-refractivity contribution < 1.29 is 9.53 Å². The number of pyridine rings is 1. The van der Waals surface area contributed by atoms with Crippen molar-refractivity contribution in [2.24, 2.45) is 0 Å². The van der Waals surface area contributed by atoms with E-state index < -0.39 is 0 Å². The number of carbonyl (C=O) groups is 1. The number of anilines is 1. The molecule has 2 aromatic heterocycles. The maximum atomic E-state index is 13.3. The van der Waals surface area contributed by atoms with Gasteiger partial charge in [0.15, 0.2) is 5.13 Å². The average molecular weight is 469 g/mol. The Hall–Kier alpha value is -1.70. The van der Waals surface area contributed by atoms with Crippen molar-refractivity contribution in [2.75, 3.05) is 18.1 Å². The summed E-state index contributed by atoms with van der Waals surface area (Å²) in [7, 11) is 0. The van der Waals surface area contributed by atoms with E-state index in [9.17, 15) is 4.79 Å². The van der Waals surface area contributed by atoms with E-state index in [4.69, 9.17) is 39.5 Å². The lowest BCUT2D eigenvalue weighted by Crippen LogP contribution is -2.37. The third-order valence-corrected chi connectivity index (χ3v) is 6.29. The third kappa shape index (κ3) is 4.57. The van der Waals surface area contributed by atoms with Crippen LogP contribution in [0, 0.1) is 0 Å². The van der Waals surface area contributed by atoms with Gasteiger partial charge in [0.1, 0.15) is 5.15 Å². The smallest absolute Gasteiger partial charge is 0.263 e. The molecule has 5 nitrogen and oxygen atoms in total. The summed E-state index contributed by atoms with van der Waals surface area (Å²) >= 11 is 19.8. The summed E-state index contributed by atoms with van der Waals surface area (Å²) in [5.74, 6) is -0.262. The number of benzene rings is 1. The van der Waals surface area contributed by atoms with Crippen molar-refractivity contribution >= 4 is 57.2 Å². The Morgan fingerprint density at radius 3 is 2.86 bits per heavy atom. The Morgan fingerprint density at radius 2 is 2.14 bits per heavy atom. The Bertz CT molecular complexity index is 1040. The number of rotatable bonds is 5. The van der Waals surface area contributed by atoms with Crippen LogP contribution >= 0.6 is 46.1 Å². The largest absolute Gasteiger partial charge is 0.376 e. The first-order valence-corrected chi connectivity index (χ1v) is 11.0. The van der Waals surface area contributed by atoms with Gasteiger partial charge >= 0.3 is 0 Å². The van der Waals surface area contributed by atoms with Crippen molar-refractivity contribution in [1.29, 1.82) is 0 Å². The number of nitrogens with zero attached hydrogens (tertiary/aromatic N) is 3. The van der Waals surface area contributed by atoms with Gasteiger partial charge in [0, 0.05) is 28.8 Å². The van der Waals surface area contributed by atoms with E-state index in [2.05, 4.69) is 9.97 Å². The molecule has 0 aliphatic carbocycles. The first-order chi connectivity index (χ1) is 14.0. The summed E-state index contributed by atoms with van der Waals surface area (Å²) in [6.07, 6.45) is 3.38. The van der Waals surface area contributed by atoms with Crippen LogP contribution in [0.1, 0.15) is 23.2 Å². The van der Waals surface area contributed by atoms with Crippen LogP contribution in [0.3, 0.4) is 0 Å². The number of halogens is 3. The topological polar surface area (TPSA) is 55.3 Å². The molecule has 0 N–H and O–H groups in total. The Labute approximate surface area is 187 Å². The van der Waals surface area contributed by atoms with Crippen LogP contribution in [0.4, 0.5) is 5.13 Å². The van der Waals surface area contributed by atoms with Crippen molar-refractivity contribution in [3.05, 3.63) is 62.7 Å². The van der Waals surface area contributed by atoms with Crippen LogP contribution in [-0.4, -0.2) is 35.1 Å². The second-order valence-electron chi connectivity index (χ2n) is 6.53. The number of aromatic nitrogens is 2. The average Bonchev–Trinajstić information content (AvgIpc) is 3.38. The van der Waals surface area contributed by atoms with E-state index in [0.717, 1.165) is 18.4 Å². The number of ether oxygens (including phenoxy) is 1. The molecule has 1 aromatic carbocycles. The fourth-order valence-electron chi connectivity index (χ4n) is 3.14. The van der Waals surface area contributed by atoms with E-state index in [1.807, 2.05) is 11.4 Å². The van der Waals surface area contributed by atoms with E-state index in [1.54, 1.807) is 35.4 Å². The zero-order valence-electron chi connectivity index (χ0n) is 15.1. The van der Waals surface area contributed by atoms with Gasteiger partial charge in [0.05, 0.1) is 28.9 Å². The van der Waals surface area contributed by atoms with E-state index in [0.29, 0.717) is 39.6 Å². The highest BCUT2D eigenvalue weighted by Crippen LogP contribution is 2.34. The van der Waals surface area contributed by atoms with Crippen LogP contribution in [0.15, 0.2) is 41.9 Å². The summed E-state index contributed by atoms with van der Waals surface area (Å²) < 4.78 is 5.74. The predicted octanol–water partition coefficient (Wildman–Crippen LogP) is 5.99. The van der Waals surface area contributed by atoms with Gasteiger partial charge in [-0.2, -0.15) is 0 Å². The van der Waals surface area contributed by atoms with Crippen LogP contribution in [-0.2, 0) is 4.74 Å². The van der Waals surface area contributed by atoms with Crippen molar-refractivity contribution in [3.8, 4) is 11.3 Å². The van der Waals surface area contributed by atoms with E-state index in [1.165, 1.54) is 11.3 Å². The molecule has 1 aliphatic heterocycles. The summed E-state index contributed by atoms with van der Waals surface area (Å²) in [4.78, 5) is 23.6. The fraction of sp³-hybridized carbons (Fsp3) is 0.250. The lowest BCUT2D eigenvalue weighted by molar-refractivity contribution is 0.0917. The standard InChI is InChI=1S/C20H16Cl3N3O2S/c21-12-5-6-14(16(22)9-12)17-11-29-20(25-17)26(10-13-3-2-8-28-13)19(27)15-4-1-7-24-18(15)23/h1,4-7,9,11,13H,2-3,8,10H2. The molecule has 1 aliphatic rings. The normalized spacial score (nSPS) is 16.2. The summed E-state index contributed by atoms with van der Waals surface area (Å²) in [6.45, 7) is 1.09. The molecule has 9 heteroatoms.